The topological polar surface area (TPSA) is 84.2 Å². The molecule has 0 radical (unpaired) electrons. The minimum atomic E-state index is -1.12. The van der Waals surface area contributed by atoms with Crippen LogP contribution in [0.1, 0.15) is 16.1 Å². The van der Waals surface area contributed by atoms with Gasteiger partial charge in [-0.3, -0.25) is 9.48 Å². The summed E-state index contributed by atoms with van der Waals surface area (Å²) < 4.78 is 1.63. The fourth-order valence-electron chi connectivity index (χ4n) is 1.66. The van der Waals surface area contributed by atoms with Crippen molar-refractivity contribution in [2.75, 3.05) is 5.32 Å². The molecule has 0 saturated carbocycles. The Bertz CT molecular complexity index is 722. The number of benzene rings is 1. The van der Waals surface area contributed by atoms with E-state index in [0.29, 0.717) is 5.69 Å². The molecule has 0 saturated heterocycles. The van der Waals surface area contributed by atoms with Crippen molar-refractivity contribution in [2.24, 2.45) is 7.05 Å². The van der Waals surface area contributed by atoms with E-state index in [4.69, 9.17) is 16.7 Å². The van der Waals surface area contributed by atoms with E-state index in [1.807, 2.05) is 0 Å². The molecule has 1 amide bonds. The number of aromatic nitrogens is 2. The standard InChI is InChI=1S/C14H12ClN3O3/c1-18-10(6-7-16-18)3-5-13(19)17-9-2-4-11(14(20)21)12(15)8-9/h2-8H,1H3,(H,17,19)(H,20,21). The van der Waals surface area contributed by atoms with Gasteiger partial charge >= 0.3 is 5.97 Å². The maximum Gasteiger partial charge on any atom is 0.337 e. The van der Waals surface area contributed by atoms with Crippen molar-refractivity contribution in [1.82, 2.24) is 9.78 Å². The molecule has 0 atom stereocenters. The average molecular weight is 306 g/mol. The van der Waals surface area contributed by atoms with Gasteiger partial charge in [0.05, 0.1) is 16.3 Å². The van der Waals surface area contributed by atoms with Gasteiger partial charge in [0.15, 0.2) is 0 Å². The van der Waals surface area contributed by atoms with Crippen molar-refractivity contribution in [1.29, 1.82) is 0 Å². The van der Waals surface area contributed by atoms with Gasteiger partial charge in [0.2, 0.25) is 5.91 Å². The van der Waals surface area contributed by atoms with E-state index < -0.39 is 5.97 Å². The molecule has 0 unspecified atom stereocenters. The lowest BCUT2D eigenvalue weighted by molar-refractivity contribution is -0.111. The number of carboxylic acid groups (broad SMARTS) is 1. The Balaban J connectivity index is 2.06. The summed E-state index contributed by atoms with van der Waals surface area (Å²) in [5, 5.41) is 15.5. The Morgan fingerprint density at radius 3 is 2.71 bits per heavy atom. The van der Waals surface area contributed by atoms with Crippen LogP contribution in [-0.2, 0) is 11.8 Å². The molecule has 21 heavy (non-hydrogen) atoms. The van der Waals surface area contributed by atoms with Gasteiger partial charge < -0.3 is 10.4 Å². The van der Waals surface area contributed by atoms with Gasteiger partial charge in [-0.05, 0) is 30.3 Å². The van der Waals surface area contributed by atoms with Crippen LogP contribution in [0.15, 0.2) is 36.5 Å². The van der Waals surface area contributed by atoms with Gasteiger partial charge in [0, 0.05) is 25.0 Å². The highest BCUT2D eigenvalue weighted by molar-refractivity contribution is 6.33. The first-order valence-corrected chi connectivity index (χ1v) is 6.35. The molecule has 0 bridgehead atoms. The summed E-state index contributed by atoms with van der Waals surface area (Å²) in [5.74, 6) is -1.47. The molecule has 0 aliphatic heterocycles. The van der Waals surface area contributed by atoms with Crippen molar-refractivity contribution in [3.05, 3.63) is 52.8 Å². The summed E-state index contributed by atoms with van der Waals surface area (Å²) in [6.45, 7) is 0. The molecule has 0 aliphatic rings. The third-order valence-corrected chi connectivity index (χ3v) is 3.04. The van der Waals surface area contributed by atoms with Crippen molar-refractivity contribution in [3.63, 3.8) is 0 Å². The van der Waals surface area contributed by atoms with Crippen molar-refractivity contribution in [2.45, 2.75) is 0 Å². The molecule has 0 aliphatic carbocycles. The molecule has 6 nitrogen and oxygen atoms in total. The van der Waals surface area contributed by atoms with E-state index in [1.54, 1.807) is 30.1 Å². The van der Waals surface area contributed by atoms with Crippen molar-refractivity contribution >= 4 is 35.2 Å². The van der Waals surface area contributed by atoms with Crippen LogP contribution >= 0.6 is 11.6 Å². The smallest absolute Gasteiger partial charge is 0.337 e. The molecule has 0 fully saturated rings. The van der Waals surface area contributed by atoms with E-state index in [9.17, 15) is 9.59 Å². The van der Waals surface area contributed by atoms with Gasteiger partial charge in [-0.2, -0.15) is 5.10 Å². The largest absolute Gasteiger partial charge is 0.478 e. The SMILES string of the molecule is Cn1nccc1C=CC(=O)Nc1ccc(C(=O)O)c(Cl)c1. The van der Waals surface area contributed by atoms with Gasteiger partial charge in [0.25, 0.3) is 0 Å². The average Bonchev–Trinajstić information content (AvgIpc) is 2.81. The number of aromatic carboxylic acids is 1. The van der Waals surface area contributed by atoms with E-state index in [-0.39, 0.29) is 16.5 Å². The molecule has 108 valence electrons. The van der Waals surface area contributed by atoms with Crippen molar-refractivity contribution in [3.8, 4) is 0 Å². The molecule has 2 aromatic rings. The molecule has 2 rings (SSSR count). The summed E-state index contributed by atoms with van der Waals surface area (Å²) >= 11 is 5.83. The first-order chi connectivity index (χ1) is 9.97. The number of carboxylic acids is 1. The van der Waals surface area contributed by atoms with Crippen LogP contribution in [0.4, 0.5) is 5.69 Å². The lowest BCUT2D eigenvalue weighted by Crippen LogP contribution is -2.08. The Labute approximate surface area is 125 Å². The number of amides is 1. The monoisotopic (exact) mass is 305 g/mol. The minimum absolute atomic E-state index is 0.0138. The summed E-state index contributed by atoms with van der Waals surface area (Å²) in [4.78, 5) is 22.6. The molecule has 2 N–H and O–H groups in total. The van der Waals surface area contributed by atoms with Crippen LogP contribution in [0.2, 0.25) is 5.02 Å². The highest BCUT2D eigenvalue weighted by Gasteiger charge is 2.09. The summed E-state index contributed by atoms with van der Waals surface area (Å²) in [7, 11) is 1.77. The van der Waals surface area contributed by atoms with Gasteiger partial charge in [-0.15, -0.1) is 0 Å². The summed E-state index contributed by atoms with van der Waals surface area (Å²) in [6, 6.07) is 5.97. The molecular weight excluding hydrogens is 294 g/mol. The van der Waals surface area contributed by atoms with E-state index in [1.165, 1.54) is 24.3 Å². The van der Waals surface area contributed by atoms with E-state index in [2.05, 4.69) is 10.4 Å². The second-order valence-electron chi connectivity index (χ2n) is 4.20. The predicted octanol–water partition coefficient (Wildman–Crippen LogP) is 2.42. The zero-order valence-electron chi connectivity index (χ0n) is 11.1. The van der Waals surface area contributed by atoms with Crippen LogP contribution < -0.4 is 5.32 Å². The molecule has 7 heteroatoms. The lowest BCUT2D eigenvalue weighted by atomic mass is 10.2. The molecule has 1 heterocycles. The number of anilines is 1. The number of nitrogens with one attached hydrogen (secondary N) is 1. The predicted molar refractivity (Wildman–Crippen MR) is 79.3 cm³/mol. The first kappa shape index (κ1) is 14.8. The molecular formula is C14H12ClN3O3. The molecule has 0 spiro atoms. The number of aryl methyl sites for hydroxylation is 1. The maximum absolute atomic E-state index is 11.8. The molecule has 1 aromatic carbocycles. The fraction of sp³-hybridized carbons (Fsp3) is 0.0714. The van der Waals surface area contributed by atoms with Crippen molar-refractivity contribution < 1.29 is 14.7 Å². The highest BCUT2D eigenvalue weighted by Crippen LogP contribution is 2.21. The first-order valence-electron chi connectivity index (χ1n) is 5.97. The summed E-state index contributed by atoms with van der Waals surface area (Å²) in [5.41, 5.74) is 1.19. The number of nitrogens with zero attached hydrogens (tertiary/aromatic N) is 2. The van der Waals surface area contributed by atoms with Gasteiger partial charge in [-0.1, -0.05) is 11.6 Å². The van der Waals surface area contributed by atoms with Gasteiger partial charge in [-0.25, -0.2) is 4.79 Å². The Morgan fingerprint density at radius 2 is 2.14 bits per heavy atom. The van der Waals surface area contributed by atoms with E-state index >= 15 is 0 Å². The van der Waals surface area contributed by atoms with E-state index in [0.717, 1.165) is 5.69 Å². The van der Waals surface area contributed by atoms with Crippen LogP contribution in [0.3, 0.4) is 0 Å². The maximum atomic E-state index is 11.8. The number of hydrogen-bond acceptors (Lipinski definition) is 3. The second kappa shape index (κ2) is 6.23. The number of halogens is 1. The van der Waals surface area contributed by atoms with Gasteiger partial charge in [0.1, 0.15) is 0 Å². The third-order valence-electron chi connectivity index (χ3n) is 2.73. The Morgan fingerprint density at radius 1 is 1.38 bits per heavy atom. The number of hydrogen-bond donors (Lipinski definition) is 2. The van der Waals surface area contributed by atoms with Crippen LogP contribution in [-0.4, -0.2) is 26.8 Å². The zero-order valence-corrected chi connectivity index (χ0v) is 11.8. The van der Waals surface area contributed by atoms with Crippen LogP contribution in [0, 0.1) is 0 Å². The van der Waals surface area contributed by atoms with Crippen LogP contribution in [0.25, 0.3) is 6.08 Å². The highest BCUT2D eigenvalue weighted by atomic mass is 35.5. The number of carbonyl (C=O) groups is 2. The quantitative estimate of drug-likeness (QED) is 0.850. The minimum Gasteiger partial charge on any atom is -0.478 e. The van der Waals surface area contributed by atoms with Crippen LogP contribution in [0.5, 0.6) is 0 Å². The summed E-state index contributed by atoms with van der Waals surface area (Å²) in [6.07, 6.45) is 4.60. The fourth-order valence-corrected chi connectivity index (χ4v) is 1.92. The zero-order chi connectivity index (χ0) is 15.4. The number of carbonyl (C=O) groups excluding carboxylic acids is 1. The Kier molecular flexibility index (Phi) is 4.39. The second-order valence-corrected chi connectivity index (χ2v) is 4.61. The normalized spacial score (nSPS) is 10.8. The Hall–Kier alpha value is -2.60. The molecule has 1 aromatic heterocycles. The number of rotatable bonds is 4. The lowest BCUT2D eigenvalue weighted by Gasteiger charge is -2.04. The third kappa shape index (κ3) is 3.70.